The number of carbonyl (C=O) groups is 2. The van der Waals surface area contributed by atoms with Crippen LogP contribution in [-0.2, 0) is 14.3 Å². The number of amides is 1. The largest absolute Gasteiger partial charge is 0.462 e. The van der Waals surface area contributed by atoms with Crippen LogP contribution in [0, 0.1) is 0 Å². The van der Waals surface area contributed by atoms with Crippen molar-refractivity contribution in [3.63, 3.8) is 0 Å². The Morgan fingerprint density at radius 3 is 2.33 bits per heavy atom. The SMILES string of the molecule is CC(=O)NC1(C)CCCNC1.CC(C)(C)OC=O. The molecule has 0 radical (unpaired) electrons. The van der Waals surface area contributed by atoms with Gasteiger partial charge in [-0.3, -0.25) is 9.59 Å². The van der Waals surface area contributed by atoms with Crippen LogP contribution in [0.5, 0.6) is 0 Å². The minimum absolute atomic E-state index is 0.00984. The number of carbonyl (C=O) groups excluding carboxylic acids is 2. The van der Waals surface area contributed by atoms with Crippen molar-refractivity contribution < 1.29 is 14.3 Å². The summed E-state index contributed by atoms with van der Waals surface area (Å²) in [6, 6.07) is 0. The second-order valence-electron chi connectivity index (χ2n) is 5.85. The van der Waals surface area contributed by atoms with Crippen molar-refractivity contribution in [3.05, 3.63) is 0 Å². The fourth-order valence-electron chi connectivity index (χ4n) is 1.73. The Balaban J connectivity index is 0.000000360. The Hall–Kier alpha value is -1.10. The van der Waals surface area contributed by atoms with E-state index in [0.717, 1.165) is 25.9 Å². The Labute approximate surface area is 110 Å². The van der Waals surface area contributed by atoms with Gasteiger partial charge in [0.05, 0.1) is 0 Å². The molecule has 1 atom stereocenters. The molecule has 1 fully saturated rings. The Morgan fingerprint density at radius 2 is 2.06 bits per heavy atom. The minimum Gasteiger partial charge on any atom is -0.462 e. The molecule has 1 aliphatic rings. The molecule has 0 saturated carbocycles. The lowest BCUT2D eigenvalue weighted by atomic mass is 9.92. The van der Waals surface area contributed by atoms with Gasteiger partial charge in [0.15, 0.2) is 0 Å². The monoisotopic (exact) mass is 258 g/mol. The highest BCUT2D eigenvalue weighted by Gasteiger charge is 2.26. The number of rotatable bonds is 2. The highest BCUT2D eigenvalue weighted by molar-refractivity contribution is 5.73. The molecule has 0 aliphatic carbocycles. The zero-order chi connectivity index (χ0) is 14.2. The molecule has 1 heterocycles. The van der Waals surface area contributed by atoms with Gasteiger partial charge < -0.3 is 15.4 Å². The molecule has 0 aromatic carbocycles. The summed E-state index contributed by atoms with van der Waals surface area (Å²) in [6.45, 7) is 11.5. The van der Waals surface area contributed by atoms with Crippen molar-refractivity contribution in [1.29, 1.82) is 0 Å². The summed E-state index contributed by atoms with van der Waals surface area (Å²) in [5.74, 6) is 0.0659. The smallest absolute Gasteiger partial charge is 0.293 e. The van der Waals surface area contributed by atoms with Gasteiger partial charge in [0, 0.05) is 19.0 Å². The highest BCUT2D eigenvalue weighted by atomic mass is 16.5. The second kappa shape index (κ2) is 7.36. The van der Waals surface area contributed by atoms with E-state index < -0.39 is 0 Å². The van der Waals surface area contributed by atoms with E-state index in [-0.39, 0.29) is 17.0 Å². The molecule has 2 N–H and O–H groups in total. The molecule has 106 valence electrons. The van der Waals surface area contributed by atoms with Crippen LogP contribution in [0.25, 0.3) is 0 Å². The first kappa shape index (κ1) is 16.9. The fourth-order valence-corrected chi connectivity index (χ4v) is 1.73. The summed E-state index contributed by atoms with van der Waals surface area (Å²) in [4.78, 5) is 20.4. The van der Waals surface area contributed by atoms with E-state index in [9.17, 15) is 9.59 Å². The maximum atomic E-state index is 10.8. The van der Waals surface area contributed by atoms with Crippen LogP contribution in [0.2, 0.25) is 0 Å². The van der Waals surface area contributed by atoms with Gasteiger partial charge >= 0.3 is 0 Å². The van der Waals surface area contributed by atoms with Crippen LogP contribution in [0.4, 0.5) is 0 Å². The van der Waals surface area contributed by atoms with Crippen molar-refractivity contribution in [3.8, 4) is 0 Å². The topological polar surface area (TPSA) is 67.4 Å². The average molecular weight is 258 g/mol. The number of hydrogen-bond donors (Lipinski definition) is 2. The van der Waals surface area contributed by atoms with E-state index in [2.05, 4.69) is 22.3 Å². The molecule has 1 amide bonds. The number of hydrogen-bond acceptors (Lipinski definition) is 4. The Bertz CT molecular complexity index is 266. The van der Waals surface area contributed by atoms with E-state index in [1.807, 2.05) is 20.8 Å². The first-order valence-electron chi connectivity index (χ1n) is 6.29. The summed E-state index contributed by atoms with van der Waals surface area (Å²) in [5.41, 5.74) is -0.328. The van der Waals surface area contributed by atoms with Crippen molar-refractivity contribution in [1.82, 2.24) is 10.6 Å². The Kier molecular flexibility index (Phi) is 6.91. The fraction of sp³-hybridized carbons (Fsp3) is 0.846. The molecule has 1 rings (SSSR count). The molecule has 5 nitrogen and oxygen atoms in total. The molecule has 1 saturated heterocycles. The molecule has 0 aromatic heterocycles. The predicted octanol–water partition coefficient (Wildman–Crippen LogP) is 1.22. The molecule has 1 unspecified atom stereocenters. The molecule has 0 bridgehead atoms. The van der Waals surface area contributed by atoms with Crippen molar-refractivity contribution in [2.24, 2.45) is 0 Å². The third-order valence-corrected chi connectivity index (χ3v) is 2.48. The van der Waals surface area contributed by atoms with E-state index in [0.29, 0.717) is 6.47 Å². The third-order valence-electron chi connectivity index (χ3n) is 2.48. The summed E-state index contributed by atoms with van der Waals surface area (Å²) in [7, 11) is 0. The van der Waals surface area contributed by atoms with E-state index in [1.165, 1.54) is 0 Å². The minimum atomic E-state index is -0.318. The Morgan fingerprint density at radius 1 is 1.44 bits per heavy atom. The maximum absolute atomic E-state index is 10.8. The lowest BCUT2D eigenvalue weighted by Crippen LogP contribution is -2.54. The maximum Gasteiger partial charge on any atom is 0.293 e. The number of ether oxygens (including phenoxy) is 1. The van der Waals surface area contributed by atoms with E-state index in [4.69, 9.17) is 0 Å². The summed E-state index contributed by atoms with van der Waals surface area (Å²) in [5, 5.41) is 6.22. The predicted molar refractivity (Wildman–Crippen MR) is 71.2 cm³/mol. The second-order valence-corrected chi connectivity index (χ2v) is 5.85. The van der Waals surface area contributed by atoms with Crippen LogP contribution < -0.4 is 10.6 Å². The molecule has 0 aromatic rings. The zero-order valence-electron chi connectivity index (χ0n) is 12.1. The van der Waals surface area contributed by atoms with Gasteiger partial charge in [0.25, 0.3) is 6.47 Å². The van der Waals surface area contributed by atoms with Crippen molar-refractivity contribution in [2.75, 3.05) is 13.1 Å². The third kappa shape index (κ3) is 8.98. The normalized spacial score (nSPS) is 23.4. The lowest BCUT2D eigenvalue weighted by Gasteiger charge is -2.34. The molecule has 5 heteroatoms. The first-order valence-corrected chi connectivity index (χ1v) is 6.29. The van der Waals surface area contributed by atoms with Crippen LogP contribution >= 0.6 is 0 Å². The van der Waals surface area contributed by atoms with Gasteiger partial charge in [0.1, 0.15) is 5.60 Å². The molecule has 0 spiro atoms. The van der Waals surface area contributed by atoms with Crippen molar-refractivity contribution >= 4 is 12.4 Å². The van der Waals surface area contributed by atoms with Gasteiger partial charge in [-0.15, -0.1) is 0 Å². The van der Waals surface area contributed by atoms with Gasteiger partial charge in [-0.1, -0.05) is 0 Å². The zero-order valence-corrected chi connectivity index (χ0v) is 12.1. The van der Waals surface area contributed by atoms with E-state index in [1.54, 1.807) is 6.92 Å². The molecule has 18 heavy (non-hydrogen) atoms. The number of piperidine rings is 1. The van der Waals surface area contributed by atoms with Crippen LogP contribution in [0.1, 0.15) is 47.5 Å². The first-order chi connectivity index (χ1) is 8.18. The molecular weight excluding hydrogens is 232 g/mol. The van der Waals surface area contributed by atoms with Gasteiger partial charge in [-0.2, -0.15) is 0 Å². The standard InChI is InChI=1S/C8H16N2O.C5H10O2/c1-7(11)10-8(2)4-3-5-9-6-8;1-5(2,3)7-4-6/h9H,3-6H2,1-2H3,(H,10,11);4H,1-3H3. The van der Waals surface area contributed by atoms with Crippen LogP contribution in [0.15, 0.2) is 0 Å². The molecule has 1 aliphatic heterocycles. The van der Waals surface area contributed by atoms with Crippen LogP contribution in [-0.4, -0.2) is 36.6 Å². The van der Waals surface area contributed by atoms with Gasteiger partial charge in [-0.25, -0.2) is 0 Å². The van der Waals surface area contributed by atoms with Crippen molar-refractivity contribution in [2.45, 2.75) is 58.6 Å². The summed E-state index contributed by atoms with van der Waals surface area (Å²) < 4.78 is 4.55. The van der Waals surface area contributed by atoms with Crippen LogP contribution in [0.3, 0.4) is 0 Å². The van der Waals surface area contributed by atoms with Gasteiger partial charge in [-0.05, 0) is 47.1 Å². The van der Waals surface area contributed by atoms with E-state index >= 15 is 0 Å². The lowest BCUT2D eigenvalue weighted by molar-refractivity contribution is -0.138. The van der Waals surface area contributed by atoms with Gasteiger partial charge in [0.2, 0.25) is 5.91 Å². The molecular formula is C13H26N2O3. The highest BCUT2D eigenvalue weighted by Crippen LogP contribution is 2.14. The quantitative estimate of drug-likeness (QED) is 0.731. The average Bonchev–Trinajstić information content (AvgIpc) is 2.15. The number of nitrogens with one attached hydrogen (secondary N) is 2. The summed E-state index contributed by atoms with van der Waals surface area (Å²) >= 11 is 0. The summed E-state index contributed by atoms with van der Waals surface area (Å²) in [6.07, 6.45) is 2.23.